The molecule has 3 heteroatoms. The van der Waals surface area contributed by atoms with Gasteiger partial charge in [0, 0.05) is 13.1 Å². The highest BCUT2D eigenvalue weighted by molar-refractivity contribution is 5.02. The molecule has 1 saturated heterocycles. The van der Waals surface area contributed by atoms with Gasteiger partial charge in [-0.05, 0) is 19.8 Å². The second-order valence-electron chi connectivity index (χ2n) is 3.70. The zero-order valence-corrected chi connectivity index (χ0v) is 6.84. The van der Waals surface area contributed by atoms with E-state index >= 15 is 0 Å². The molecule has 2 rings (SSSR count). The zero-order chi connectivity index (χ0) is 7.90. The van der Waals surface area contributed by atoms with Crippen molar-refractivity contribution in [2.24, 2.45) is 0 Å². The van der Waals surface area contributed by atoms with Crippen molar-refractivity contribution < 1.29 is 9.84 Å². The molecule has 0 spiro atoms. The largest absolute Gasteiger partial charge is 0.387 e. The van der Waals surface area contributed by atoms with Crippen LogP contribution in [0.2, 0.25) is 0 Å². The van der Waals surface area contributed by atoms with Crippen LogP contribution in [-0.4, -0.2) is 36.0 Å². The molecule has 64 valence electrons. The molecular formula is C8H15NO2. The molecule has 2 aliphatic rings. The zero-order valence-electron chi connectivity index (χ0n) is 6.84. The normalized spacial score (nSPS) is 42.0. The molecule has 2 N–H and O–H groups in total. The fourth-order valence-electron chi connectivity index (χ4n) is 1.56. The first kappa shape index (κ1) is 7.53. The topological polar surface area (TPSA) is 41.5 Å². The Morgan fingerprint density at radius 1 is 1.45 bits per heavy atom. The average Bonchev–Trinajstić information content (AvgIpc) is 2.70. The molecule has 11 heavy (non-hydrogen) atoms. The number of hydrogen-bond donors (Lipinski definition) is 2. The Kier molecular flexibility index (Phi) is 1.67. The summed E-state index contributed by atoms with van der Waals surface area (Å²) >= 11 is 0. The molecule has 2 fully saturated rings. The van der Waals surface area contributed by atoms with Crippen LogP contribution in [0, 0.1) is 0 Å². The van der Waals surface area contributed by atoms with Gasteiger partial charge in [0.05, 0.1) is 17.8 Å². The van der Waals surface area contributed by atoms with Crippen LogP contribution in [0.1, 0.15) is 19.8 Å². The van der Waals surface area contributed by atoms with E-state index in [2.05, 4.69) is 5.32 Å². The van der Waals surface area contributed by atoms with E-state index in [0.717, 1.165) is 25.9 Å². The highest BCUT2D eigenvalue weighted by Crippen LogP contribution is 2.40. The lowest BCUT2D eigenvalue weighted by atomic mass is 10.1. The molecule has 1 saturated carbocycles. The van der Waals surface area contributed by atoms with Crippen LogP contribution < -0.4 is 5.32 Å². The van der Waals surface area contributed by atoms with E-state index in [1.165, 1.54) is 0 Å². The predicted molar refractivity (Wildman–Crippen MR) is 41.4 cm³/mol. The van der Waals surface area contributed by atoms with Crippen LogP contribution in [0.3, 0.4) is 0 Å². The lowest BCUT2D eigenvalue weighted by Crippen LogP contribution is -2.49. The van der Waals surface area contributed by atoms with E-state index in [4.69, 9.17) is 4.74 Å². The average molecular weight is 157 g/mol. The van der Waals surface area contributed by atoms with Crippen LogP contribution in [0.25, 0.3) is 0 Å². The van der Waals surface area contributed by atoms with Crippen molar-refractivity contribution >= 4 is 0 Å². The lowest BCUT2D eigenvalue weighted by molar-refractivity contribution is -0.0996. The van der Waals surface area contributed by atoms with Gasteiger partial charge in [-0.1, -0.05) is 0 Å². The minimum absolute atomic E-state index is 0.0336. The summed E-state index contributed by atoms with van der Waals surface area (Å²) in [5.74, 6) is 0. The quantitative estimate of drug-likeness (QED) is 0.558. The first-order chi connectivity index (χ1) is 5.21. The van der Waals surface area contributed by atoms with Crippen molar-refractivity contribution in [3.8, 4) is 0 Å². The molecule has 0 aromatic rings. The third-order valence-electron chi connectivity index (χ3n) is 2.52. The fourth-order valence-corrected chi connectivity index (χ4v) is 1.56. The highest BCUT2D eigenvalue weighted by Gasteiger charge is 2.49. The molecule has 1 aliphatic heterocycles. The maximum absolute atomic E-state index is 9.71. The molecule has 2 atom stereocenters. The van der Waals surface area contributed by atoms with Crippen molar-refractivity contribution in [3.63, 3.8) is 0 Å². The molecular weight excluding hydrogens is 142 g/mol. The van der Waals surface area contributed by atoms with Gasteiger partial charge in [0.25, 0.3) is 0 Å². The van der Waals surface area contributed by atoms with Crippen molar-refractivity contribution in [2.75, 3.05) is 13.1 Å². The summed E-state index contributed by atoms with van der Waals surface area (Å²) < 4.78 is 5.60. The Labute approximate surface area is 66.7 Å². The van der Waals surface area contributed by atoms with Crippen molar-refractivity contribution in [1.82, 2.24) is 5.32 Å². The number of morpholine rings is 1. The minimum atomic E-state index is -0.484. The van der Waals surface area contributed by atoms with E-state index in [9.17, 15) is 5.11 Å². The van der Waals surface area contributed by atoms with Crippen LogP contribution in [0.4, 0.5) is 0 Å². The van der Waals surface area contributed by atoms with Crippen molar-refractivity contribution in [2.45, 2.75) is 37.6 Å². The highest BCUT2D eigenvalue weighted by atomic mass is 16.5. The van der Waals surface area contributed by atoms with Crippen LogP contribution >= 0.6 is 0 Å². The van der Waals surface area contributed by atoms with Crippen LogP contribution in [0.15, 0.2) is 0 Å². The summed E-state index contributed by atoms with van der Waals surface area (Å²) in [6, 6.07) is 0. The molecule has 0 unspecified atom stereocenters. The molecule has 0 aromatic heterocycles. The van der Waals surface area contributed by atoms with Gasteiger partial charge < -0.3 is 15.2 Å². The molecule has 0 amide bonds. The Morgan fingerprint density at radius 2 is 2.18 bits per heavy atom. The van der Waals surface area contributed by atoms with Gasteiger partial charge in [-0.15, -0.1) is 0 Å². The Hall–Kier alpha value is -0.120. The maximum atomic E-state index is 9.71. The fraction of sp³-hybridized carbons (Fsp3) is 1.00. The van der Waals surface area contributed by atoms with Gasteiger partial charge in [0.1, 0.15) is 0 Å². The van der Waals surface area contributed by atoms with Crippen molar-refractivity contribution in [1.29, 1.82) is 0 Å². The molecule has 0 aromatic carbocycles. The predicted octanol–water partition coefficient (Wildman–Crippen LogP) is -0.112. The Bertz CT molecular complexity index is 156. The molecule has 1 heterocycles. The van der Waals surface area contributed by atoms with Gasteiger partial charge in [-0.2, -0.15) is 0 Å². The van der Waals surface area contributed by atoms with Gasteiger partial charge >= 0.3 is 0 Å². The third-order valence-corrected chi connectivity index (χ3v) is 2.52. The SMILES string of the molecule is C[C@@H]1CNC[C@H](C2(O)CC2)O1. The number of ether oxygens (including phenoxy) is 1. The number of hydrogen-bond acceptors (Lipinski definition) is 3. The monoisotopic (exact) mass is 157 g/mol. The second-order valence-corrected chi connectivity index (χ2v) is 3.70. The molecule has 0 radical (unpaired) electrons. The number of nitrogens with one attached hydrogen (secondary N) is 1. The van der Waals surface area contributed by atoms with E-state index in [1.807, 2.05) is 6.92 Å². The molecule has 3 nitrogen and oxygen atoms in total. The standard InChI is InChI=1S/C8H15NO2/c1-6-4-9-5-7(11-6)8(10)2-3-8/h6-7,9-10H,2-5H2,1H3/t6-,7-/m1/s1. The smallest absolute Gasteiger partial charge is 0.0990 e. The Morgan fingerprint density at radius 3 is 2.73 bits per heavy atom. The summed E-state index contributed by atoms with van der Waals surface area (Å²) in [4.78, 5) is 0. The van der Waals surface area contributed by atoms with E-state index in [1.54, 1.807) is 0 Å². The Balaban J connectivity index is 1.93. The van der Waals surface area contributed by atoms with Crippen LogP contribution in [-0.2, 0) is 4.74 Å². The first-order valence-corrected chi connectivity index (χ1v) is 4.29. The number of aliphatic hydroxyl groups is 1. The minimum Gasteiger partial charge on any atom is -0.387 e. The van der Waals surface area contributed by atoms with Gasteiger partial charge in [-0.3, -0.25) is 0 Å². The van der Waals surface area contributed by atoms with E-state index in [-0.39, 0.29) is 12.2 Å². The van der Waals surface area contributed by atoms with Gasteiger partial charge in [0.15, 0.2) is 0 Å². The second kappa shape index (κ2) is 2.44. The number of rotatable bonds is 1. The summed E-state index contributed by atoms with van der Waals surface area (Å²) in [6.07, 6.45) is 2.10. The van der Waals surface area contributed by atoms with Gasteiger partial charge in [0.2, 0.25) is 0 Å². The summed E-state index contributed by atoms with van der Waals surface area (Å²) in [5, 5.41) is 13.0. The first-order valence-electron chi connectivity index (χ1n) is 4.29. The summed E-state index contributed by atoms with van der Waals surface area (Å²) in [5.41, 5.74) is -0.484. The van der Waals surface area contributed by atoms with Crippen LogP contribution in [0.5, 0.6) is 0 Å². The third kappa shape index (κ3) is 1.41. The van der Waals surface area contributed by atoms with E-state index < -0.39 is 5.60 Å². The summed E-state index contributed by atoms with van der Waals surface area (Å²) in [7, 11) is 0. The lowest BCUT2D eigenvalue weighted by Gasteiger charge is -2.31. The summed E-state index contributed by atoms with van der Waals surface area (Å²) in [6.45, 7) is 3.75. The molecule has 0 bridgehead atoms. The van der Waals surface area contributed by atoms with Gasteiger partial charge in [-0.25, -0.2) is 0 Å². The maximum Gasteiger partial charge on any atom is 0.0990 e. The molecule has 1 aliphatic carbocycles. The van der Waals surface area contributed by atoms with Crippen molar-refractivity contribution in [3.05, 3.63) is 0 Å². The van der Waals surface area contributed by atoms with E-state index in [0.29, 0.717) is 0 Å².